The summed E-state index contributed by atoms with van der Waals surface area (Å²) in [6.07, 6.45) is 4.81. The fourth-order valence-electron chi connectivity index (χ4n) is 4.15. The summed E-state index contributed by atoms with van der Waals surface area (Å²) in [6, 6.07) is 8.94. The molecule has 1 aromatic carbocycles. The highest BCUT2D eigenvalue weighted by molar-refractivity contribution is 5.79. The third kappa shape index (κ3) is 9.45. The maximum Gasteiger partial charge on any atom is 0.191 e. The second-order valence-corrected chi connectivity index (χ2v) is 8.93. The standard InChI is InChI=1S/C25H43N5O2/c1-3-26-25(27-12-5-17-31-21-24-7-4-18-32-24)28-19-22-8-10-23(11-9-22)20-30-14-6-13-29(2)15-16-30/h8-11,24H,3-7,12-21H2,1-2H3,(H2,26,27,28). The van der Waals surface area contributed by atoms with Crippen molar-refractivity contribution in [3.05, 3.63) is 35.4 Å². The summed E-state index contributed by atoms with van der Waals surface area (Å²) in [4.78, 5) is 9.74. The molecule has 2 saturated heterocycles. The Morgan fingerprint density at radius 3 is 2.72 bits per heavy atom. The van der Waals surface area contributed by atoms with E-state index in [4.69, 9.17) is 14.5 Å². The summed E-state index contributed by atoms with van der Waals surface area (Å²) in [5, 5.41) is 6.74. The van der Waals surface area contributed by atoms with Crippen molar-refractivity contribution in [3.63, 3.8) is 0 Å². The van der Waals surface area contributed by atoms with Gasteiger partial charge in [-0.1, -0.05) is 24.3 Å². The number of benzene rings is 1. The van der Waals surface area contributed by atoms with Crippen molar-refractivity contribution in [2.45, 2.75) is 51.8 Å². The predicted octanol–water partition coefficient (Wildman–Crippen LogP) is 2.46. The molecule has 0 spiro atoms. The lowest BCUT2D eigenvalue weighted by molar-refractivity contribution is 0.0168. The lowest BCUT2D eigenvalue weighted by atomic mass is 10.1. The van der Waals surface area contributed by atoms with Crippen LogP contribution in [0.5, 0.6) is 0 Å². The van der Waals surface area contributed by atoms with Gasteiger partial charge in [-0.2, -0.15) is 0 Å². The lowest BCUT2D eigenvalue weighted by Gasteiger charge is -2.20. The number of nitrogens with one attached hydrogen (secondary N) is 2. The van der Waals surface area contributed by atoms with Crippen molar-refractivity contribution < 1.29 is 9.47 Å². The minimum atomic E-state index is 0.305. The van der Waals surface area contributed by atoms with E-state index in [2.05, 4.69) is 58.7 Å². The highest BCUT2D eigenvalue weighted by atomic mass is 16.5. The van der Waals surface area contributed by atoms with Crippen LogP contribution >= 0.6 is 0 Å². The zero-order valence-electron chi connectivity index (χ0n) is 20.2. The molecular formula is C25H43N5O2. The average Bonchev–Trinajstić information content (AvgIpc) is 3.24. The Labute approximate surface area is 194 Å². The van der Waals surface area contributed by atoms with Crippen molar-refractivity contribution in [2.75, 3.05) is 66.1 Å². The number of hydrogen-bond acceptors (Lipinski definition) is 5. The number of likely N-dealkylation sites (N-methyl/N-ethyl adjacent to an activating group) is 1. The first-order valence-electron chi connectivity index (χ1n) is 12.4. The molecular weight excluding hydrogens is 402 g/mol. The minimum absolute atomic E-state index is 0.305. The molecule has 2 fully saturated rings. The van der Waals surface area contributed by atoms with Gasteiger partial charge < -0.3 is 25.0 Å². The topological polar surface area (TPSA) is 61.4 Å². The number of aliphatic imine (C=N–C) groups is 1. The quantitative estimate of drug-likeness (QED) is 0.310. The molecule has 180 valence electrons. The number of rotatable bonds is 11. The Bertz CT molecular complexity index is 661. The minimum Gasteiger partial charge on any atom is -0.379 e. The Morgan fingerprint density at radius 2 is 1.94 bits per heavy atom. The molecule has 2 aliphatic rings. The van der Waals surface area contributed by atoms with Gasteiger partial charge in [0.05, 0.1) is 19.3 Å². The summed E-state index contributed by atoms with van der Waals surface area (Å²) in [6.45, 7) is 12.6. The lowest BCUT2D eigenvalue weighted by Crippen LogP contribution is -2.38. The number of guanidine groups is 1. The first kappa shape index (κ1) is 25.0. The van der Waals surface area contributed by atoms with Crippen LogP contribution in [0.1, 0.15) is 43.7 Å². The van der Waals surface area contributed by atoms with Crippen molar-refractivity contribution >= 4 is 5.96 Å². The highest BCUT2D eigenvalue weighted by Crippen LogP contribution is 2.12. The van der Waals surface area contributed by atoms with Crippen molar-refractivity contribution in [3.8, 4) is 0 Å². The Morgan fingerprint density at radius 1 is 1.09 bits per heavy atom. The third-order valence-corrected chi connectivity index (χ3v) is 6.09. The first-order chi connectivity index (χ1) is 15.7. The van der Waals surface area contributed by atoms with Gasteiger partial charge >= 0.3 is 0 Å². The van der Waals surface area contributed by atoms with Crippen LogP contribution in [0.15, 0.2) is 29.3 Å². The number of ether oxygens (including phenoxy) is 2. The molecule has 2 N–H and O–H groups in total. The SMILES string of the molecule is CCNC(=NCc1ccc(CN2CCCN(C)CC2)cc1)NCCCOCC1CCCO1. The molecule has 0 aliphatic carbocycles. The Kier molecular flexibility index (Phi) is 11.3. The monoisotopic (exact) mass is 445 g/mol. The molecule has 2 heterocycles. The molecule has 3 rings (SSSR count). The van der Waals surface area contributed by atoms with Gasteiger partial charge in [-0.3, -0.25) is 4.90 Å². The smallest absolute Gasteiger partial charge is 0.191 e. The summed E-state index contributed by atoms with van der Waals surface area (Å²) in [7, 11) is 2.22. The van der Waals surface area contributed by atoms with E-state index in [1.165, 1.54) is 30.6 Å². The number of nitrogens with zero attached hydrogens (tertiary/aromatic N) is 3. The Hall–Kier alpha value is -1.67. The van der Waals surface area contributed by atoms with E-state index >= 15 is 0 Å². The van der Waals surface area contributed by atoms with E-state index in [1.54, 1.807) is 0 Å². The summed E-state index contributed by atoms with van der Waals surface area (Å²) in [5.74, 6) is 0.865. The van der Waals surface area contributed by atoms with Gasteiger partial charge in [0.25, 0.3) is 0 Å². The van der Waals surface area contributed by atoms with Crippen LogP contribution in [-0.2, 0) is 22.6 Å². The maximum absolute atomic E-state index is 5.74. The van der Waals surface area contributed by atoms with Crippen LogP contribution in [0, 0.1) is 0 Å². The van der Waals surface area contributed by atoms with Crippen LogP contribution in [0.2, 0.25) is 0 Å². The fourth-order valence-corrected chi connectivity index (χ4v) is 4.15. The molecule has 0 bridgehead atoms. The van der Waals surface area contributed by atoms with Gasteiger partial charge in [0.1, 0.15) is 0 Å². The Balaban J connectivity index is 1.35. The fraction of sp³-hybridized carbons (Fsp3) is 0.720. The zero-order valence-corrected chi connectivity index (χ0v) is 20.2. The van der Waals surface area contributed by atoms with E-state index < -0.39 is 0 Å². The maximum atomic E-state index is 5.74. The third-order valence-electron chi connectivity index (χ3n) is 6.09. The van der Waals surface area contributed by atoms with Gasteiger partial charge in [0.2, 0.25) is 0 Å². The van der Waals surface area contributed by atoms with Crippen LogP contribution < -0.4 is 10.6 Å². The van der Waals surface area contributed by atoms with Crippen LogP contribution in [-0.4, -0.2) is 88.0 Å². The van der Waals surface area contributed by atoms with E-state index in [0.717, 1.165) is 77.8 Å². The summed E-state index contributed by atoms with van der Waals surface area (Å²) in [5.41, 5.74) is 2.62. The molecule has 1 unspecified atom stereocenters. The van der Waals surface area contributed by atoms with E-state index in [-0.39, 0.29) is 0 Å². The van der Waals surface area contributed by atoms with Crippen LogP contribution in [0.4, 0.5) is 0 Å². The molecule has 0 amide bonds. The molecule has 0 aromatic heterocycles. The molecule has 1 atom stereocenters. The molecule has 7 nitrogen and oxygen atoms in total. The zero-order chi connectivity index (χ0) is 22.4. The summed E-state index contributed by atoms with van der Waals surface area (Å²) < 4.78 is 11.3. The van der Waals surface area contributed by atoms with E-state index in [1.807, 2.05) is 0 Å². The van der Waals surface area contributed by atoms with E-state index in [0.29, 0.717) is 12.6 Å². The average molecular weight is 446 g/mol. The van der Waals surface area contributed by atoms with E-state index in [9.17, 15) is 0 Å². The van der Waals surface area contributed by atoms with Gasteiger partial charge in [-0.15, -0.1) is 0 Å². The highest BCUT2D eigenvalue weighted by Gasteiger charge is 2.15. The molecule has 1 aromatic rings. The largest absolute Gasteiger partial charge is 0.379 e. The predicted molar refractivity (Wildman–Crippen MR) is 131 cm³/mol. The summed E-state index contributed by atoms with van der Waals surface area (Å²) >= 11 is 0. The van der Waals surface area contributed by atoms with Crippen molar-refractivity contribution in [1.82, 2.24) is 20.4 Å². The van der Waals surface area contributed by atoms with Gasteiger partial charge in [-0.05, 0) is 63.9 Å². The molecule has 0 saturated carbocycles. The first-order valence-corrected chi connectivity index (χ1v) is 12.4. The van der Waals surface area contributed by atoms with Gasteiger partial charge in [-0.25, -0.2) is 4.99 Å². The van der Waals surface area contributed by atoms with Crippen LogP contribution in [0.3, 0.4) is 0 Å². The van der Waals surface area contributed by atoms with Crippen molar-refractivity contribution in [1.29, 1.82) is 0 Å². The molecule has 0 radical (unpaired) electrons. The molecule has 7 heteroatoms. The second-order valence-electron chi connectivity index (χ2n) is 8.93. The second kappa shape index (κ2) is 14.5. The molecule has 2 aliphatic heterocycles. The van der Waals surface area contributed by atoms with Gasteiger partial charge in [0.15, 0.2) is 5.96 Å². The normalized spacial score (nSPS) is 20.9. The van der Waals surface area contributed by atoms with Crippen LogP contribution in [0.25, 0.3) is 0 Å². The molecule has 32 heavy (non-hydrogen) atoms. The number of hydrogen-bond donors (Lipinski definition) is 2. The van der Waals surface area contributed by atoms with Gasteiger partial charge in [0, 0.05) is 45.9 Å². The van der Waals surface area contributed by atoms with Crippen molar-refractivity contribution in [2.24, 2.45) is 4.99 Å².